The lowest BCUT2D eigenvalue weighted by atomic mass is 9.45. The Morgan fingerprint density at radius 2 is 1.52 bits per heavy atom. The number of piperidine rings is 1. The van der Waals surface area contributed by atoms with Crippen LogP contribution in [0.2, 0.25) is 0 Å². The molecule has 2 N–H and O–H groups in total. The highest BCUT2D eigenvalue weighted by molar-refractivity contribution is 5.13. The number of likely N-dealkylation sites (tertiary alicyclic amines) is 1. The van der Waals surface area contributed by atoms with Gasteiger partial charge in [0.2, 0.25) is 0 Å². The van der Waals surface area contributed by atoms with Crippen LogP contribution in [0, 0.1) is 34.5 Å². The molecular weight excluding hydrogens is 334 g/mol. The molecule has 1 heterocycles. The van der Waals surface area contributed by atoms with Gasteiger partial charge in [-0.15, -0.1) is 0 Å². The number of hydrogen-bond donors (Lipinski definition) is 2. The third kappa shape index (κ3) is 2.78. The van der Waals surface area contributed by atoms with Crippen molar-refractivity contribution < 1.29 is 10.2 Å². The van der Waals surface area contributed by atoms with Crippen LogP contribution in [0.4, 0.5) is 0 Å². The summed E-state index contributed by atoms with van der Waals surface area (Å²) < 4.78 is 0. The summed E-state index contributed by atoms with van der Waals surface area (Å²) in [5.41, 5.74) is 0.582. The molecule has 3 nitrogen and oxygen atoms in total. The number of fused-ring (bicyclic) bond motifs is 5. The van der Waals surface area contributed by atoms with E-state index in [2.05, 4.69) is 18.7 Å². The van der Waals surface area contributed by atoms with Crippen LogP contribution >= 0.6 is 0 Å². The van der Waals surface area contributed by atoms with E-state index < -0.39 is 0 Å². The largest absolute Gasteiger partial charge is 0.393 e. The zero-order valence-corrected chi connectivity index (χ0v) is 17.6. The first-order chi connectivity index (χ1) is 12.9. The third-order valence-electron chi connectivity index (χ3n) is 10.5. The fraction of sp³-hybridized carbons (Fsp3) is 1.00. The van der Waals surface area contributed by atoms with E-state index in [4.69, 9.17) is 0 Å². The van der Waals surface area contributed by atoms with Gasteiger partial charge in [-0.3, -0.25) is 4.90 Å². The molecule has 3 heteroatoms. The first-order valence-electron chi connectivity index (χ1n) is 12.0. The van der Waals surface area contributed by atoms with Gasteiger partial charge in [-0.25, -0.2) is 0 Å². The summed E-state index contributed by atoms with van der Waals surface area (Å²) in [6, 6.07) is 0.415. The van der Waals surface area contributed by atoms with Gasteiger partial charge in [0.25, 0.3) is 0 Å². The van der Waals surface area contributed by atoms with E-state index in [1.54, 1.807) is 0 Å². The fourth-order valence-electron chi connectivity index (χ4n) is 8.82. The molecule has 1 saturated heterocycles. The quantitative estimate of drug-likeness (QED) is 0.721. The standard InChI is InChI=1S/C24H41NO2/c1-23-10-8-17(26)14-16(23)6-7-18-19(23)9-11-24(2)20(18)15-21(22(24)27)25-12-4-3-5-13-25/h16-22,26-27H,3-15H2,1-2H3/t16-,17+,18+,19-,20-,21-,22-,23-,24-/m0/s1. The Morgan fingerprint density at radius 3 is 2.30 bits per heavy atom. The van der Waals surface area contributed by atoms with E-state index in [1.165, 1.54) is 70.9 Å². The molecule has 1 aliphatic heterocycles. The molecule has 0 bridgehead atoms. The molecule has 27 heavy (non-hydrogen) atoms. The topological polar surface area (TPSA) is 43.7 Å². The monoisotopic (exact) mass is 375 g/mol. The molecule has 5 aliphatic rings. The zero-order chi connectivity index (χ0) is 18.8. The van der Waals surface area contributed by atoms with Crippen molar-refractivity contribution in [2.75, 3.05) is 13.1 Å². The molecule has 5 fully saturated rings. The second-order valence-electron chi connectivity index (χ2n) is 11.5. The van der Waals surface area contributed by atoms with Crippen LogP contribution in [-0.2, 0) is 0 Å². The molecule has 0 radical (unpaired) electrons. The Kier molecular flexibility index (Phi) is 4.69. The van der Waals surface area contributed by atoms with Gasteiger partial charge >= 0.3 is 0 Å². The highest BCUT2D eigenvalue weighted by Gasteiger charge is 2.62. The summed E-state index contributed by atoms with van der Waals surface area (Å²) in [7, 11) is 0. The maximum atomic E-state index is 11.4. The molecule has 0 amide bonds. The molecule has 5 rings (SSSR count). The smallest absolute Gasteiger partial charge is 0.0751 e. The van der Waals surface area contributed by atoms with Crippen LogP contribution in [0.5, 0.6) is 0 Å². The fourth-order valence-corrected chi connectivity index (χ4v) is 8.82. The van der Waals surface area contributed by atoms with E-state index in [-0.39, 0.29) is 17.6 Å². The zero-order valence-electron chi connectivity index (χ0n) is 17.6. The van der Waals surface area contributed by atoms with E-state index in [9.17, 15) is 10.2 Å². The molecule has 154 valence electrons. The van der Waals surface area contributed by atoms with Gasteiger partial charge < -0.3 is 10.2 Å². The average Bonchev–Trinajstić information content (AvgIpc) is 2.94. The van der Waals surface area contributed by atoms with E-state index >= 15 is 0 Å². The van der Waals surface area contributed by atoms with Gasteiger partial charge in [0, 0.05) is 6.04 Å². The molecule has 0 aromatic heterocycles. The summed E-state index contributed by atoms with van der Waals surface area (Å²) in [4.78, 5) is 2.65. The summed E-state index contributed by atoms with van der Waals surface area (Å²) >= 11 is 0. The van der Waals surface area contributed by atoms with Crippen LogP contribution < -0.4 is 0 Å². The number of aliphatic hydroxyl groups excluding tert-OH is 2. The summed E-state index contributed by atoms with van der Waals surface area (Å²) in [6.07, 6.45) is 13.5. The SMILES string of the molecule is C[C@]12CC[C@@H](O)C[C@@H]1CC[C@@H]1[C@@H]2CC[C@]2(C)[C@@H](O)[C@@H](N3CCCCC3)C[C@@H]12. The third-order valence-corrected chi connectivity index (χ3v) is 10.5. The van der Waals surface area contributed by atoms with Crippen molar-refractivity contribution in [2.45, 2.75) is 103 Å². The first-order valence-corrected chi connectivity index (χ1v) is 12.0. The molecule has 0 spiro atoms. The van der Waals surface area contributed by atoms with Crippen LogP contribution in [0.25, 0.3) is 0 Å². The number of aliphatic hydroxyl groups is 2. The molecule has 0 aromatic rings. The van der Waals surface area contributed by atoms with Crippen molar-refractivity contribution in [2.24, 2.45) is 34.5 Å². The number of rotatable bonds is 1. The summed E-state index contributed by atoms with van der Waals surface area (Å²) in [5, 5.41) is 21.7. The van der Waals surface area contributed by atoms with Crippen molar-refractivity contribution in [3.63, 3.8) is 0 Å². The van der Waals surface area contributed by atoms with Gasteiger partial charge in [0.15, 0.2) is 0 Å². The van der Waals surface area contributed by atoms with Crippen molar-refractivity contribution in [1.82, 2.24) is 4.90 Å². The molecule has 0 aromatic carbocycles. The van der Waals surface area contributed by atoms with Crippen molar-refractivity contribution in [3.05, 3.63) is 0 Å². The summed E-state index contributed by atoms with van der Waals surface area (Å²) in [6.45, 7) is 7.41. The molecular formula is C24H41NO2. The lowest BCUT2D eigenvalue weighted by molar-refractivity contribution is -0.135. The Labute approximate surface area is 165 Å². The Morgan fingerprint density at radius 1 is 0.778 bits per heavy atom. The van der Waals surface area contributed by atoms with Crippen LogP contribution in [0.1, 0.15) is 84.5 Å². The minimum Gasteiger partial charge on any atom is -0.393 e. The van der Waals surface area contributed by atoms with Gasteiger partial charge in [-0.2, -0.15) is 0 Å². The van der Waals surface area contributed by atoms with Gasteiger partial charge in [-0.05, 0) is 112 Å². The summed E-state index contributed by atoms with van der Waals surface area (Å²) in [5.74, 6) is 3.08. The second kappa shape index (κ2) is 6.71. The van der Waals surface area contributed by atoms with E-state index in [0.29, 0.717) is 17.4 Å². The molecule has 9 atom stereocenters. The predicted molar refractivity (Wildman–Crippen MR) is 108 cm³/mol. The number of nitrogens with zero attached hydrogens (tertiary/aromatic N) is 1. The van der Waals surface area contributed by atoms with E-state index in [0.717, 1.165) is 30.6 Å². The highest BCUT2D eigenvalue weighted by Crippen LogP contribution is 2.66. The first kappa shape index (κ1) is 18.9. The second-order valence-corrected chi connectivity index (χ2v) is 11.5. The number of hydrogen-bond acceptors (Lipinski definition) is 3. The Hall–Kier alpha value is -0.120. The van der Waals surface area contributed by atoms with Gasteiger partial charge in [-0.1, -0.05) is 20.3 Å². The molecule has 4 saturated carbocycles. The predicted octanol–water partition coefficient (Wildman–Crippen LogP) is 4.22. The highest BCUT2D eigenvalue weighted by atomic mass is 16.3. The maximum Gasteiger partial charge on any atom is 0.0751 e. The average molecular weight is 376 g/mol. The lowest BCUT2D eigenvalue weighted by Crippen LogP contribution is -2.54. The molecule has 0 unspecified atom stereocenters. The van der Waals surface area contributed by atoms with Crippen molar-refractivity contribution >= 4 is 0 Å². The van der Waals surface area contributed by atoms with Gasteiger partial charge in [0.05, 0.1) is 12.2 Å². The minimum atomic E-state index is -0.125. The van der Waals surface area contributed by atoms with Crippen molar-refractivity contribution in [3.8, 4) is 0 Å². The van der Waals surface area contributed by atoms with Crippen LogP contribution in [0.15, 0.2) is 0 Å². The normalized spacial score (nSPS) is 56.2. The lowest BCUT2D eigenvalue weighted by Gasteiger charge is -2.60. The Bertz CT molecular complexity index is 561. The minimum absolute atomic E-state index is 0.0507. The molecule has 4 aliphatic carbocycles. The van der Waals surface area contributed by atoms with Crippen molar-refractivity contribution in [1.29, 1.82) is 0 Å². The van der Waals surface area contributed by atoms with E-state index in [1.807, 2.05) is 0 Å². The van der Waals surface area contributed by atoms with Gasteiger partial charge in [0.1, 0.15) is 0 Å². The maximum absolute atomic E-state index is 11.4. The Balaban J connectivity index is 1.39. The van der Waals surface area contributed by atoms with Crippen LogP contribution in [-0.4, -0.2) is 46.5 Å². The van der Waals surface area contributed by atoms with Crippen LogP contribution in [0.3, 0.4) is 0 Å².